The molecule has 1 saturated heterocycles. The van der Waals surface area contributed by atoms with Gasteiger partial charge >= 0.3 is 5.97 Å². The van der Waals surface area contributed by atoms with Gasteiger partial charge in [0.05, 0.1) is 5.92 Å². The zero-order valence-corrected chi connectivity index (χ0v) is 7.57. The topological polar surface area (TPSA) is 26.3 Å². The molecule has 2 atom stereocenters. The highest BCUT2D eigenvalue weighted by molar-refractivity contribution is 5.74. The molecule has 1 aromatic carbocycles. The van der Waals surface area contributed by atoms with Crippen molar-refractivity contribution in [2.75, 3.05) is 0 Å². The summed E-state index contributed by atoms with van der Waals surface area (Å²) in [5, 5.41) is 0. The summed E-state index contributed by atoms with van der Waals surface area (Å²) in [5.41, 5.74) is 1.10. The lowest BCUT2D eigenvalue weighted by molar-refractivity contribution is -0.144. The second-order valence-electron chi connectivity index (χ2n) is 3.47. The van der Waals surface area contributed by atoms with Crippen LogP contribution in [0.5, 0.6) is 0 Å². The van der Waals surface area contributed by atoms with Crippen LogP contribution in [0.25, 0.3) is 0 Å². The van der Waals surface area contributed by atoms with Gasteiger partial charge in [-0.1, -0.05) is 37.3 Å². The largest absolute Gasteiger partial charge is 0.457 e. The van der Waals surface area contributed by atoms with E-state index in [4.69, 9.17) is 4.74 Å². The van der Waals surface area contributed by atoms with Crippen molar-refractivity contribution in [3.63, 3.8) is 0 Å². The van der Waals surface area contributed by atoms with Gasteiger partial charge in [-0.05, 0) is 5.56 Å². The average molecular weight is 176 g/mol. The zero-order valence-electron chi connectivity index (χ0n) is 7.57. The fraction of sp³-hybridized carbons (Fsp3) is 0.364. The smallest absolute Gasteiger partial charge is 0.309 e. The molecule has 1 aliphatic heterocycles. The van der Waals surface area contributed by atoms with E-state index in [1.54, 1.807) is 0 Å². The number of esters is 1. The molecule has 0 amide bonds. The molecule has 0 saturated carbocycles. The maximum Gasteiger partial charge on any atom is 0.309 e. The number of rotatable bonds is 1. The second-order valence-corrected chi connectivity index (χ2v) is 3.47. The molecule has 1 aliphatic rings. The van der Waals surface area contributed by atoms with E-state index in [0.29, 0.717) is 0 Å². The lowest BCUT2D eigenvalue weighted by Gasteiger charge is -2.07. The number of cyclic esters (lactones) is 1. The van der Waals surface area contributed by atoms with E-state index in [-0.39, 0.29) is 18.0 Å². The van der Waals surface area contributed by atoms with Crippen LogP contribution in [0.3, 0.4) is 0 Å². The summed E-state index contributed by atoms with van der Waals surface area (Å²) < 4.78 is 5.22. The van der Waals surface area contributed by atoms with Gasteiger partial charge in [-0.2, -0.15) is 0 Å². The average Bonchev–Trinajstić information content (AvgIpc) is 2.49. The van der Waals surface area contributed by atoms with E-state index in [1.807, 2.05) is 37.3 Å². The Labute approximate surface area is 77.5 Å². The van der Waals surface area contributed by atoms with Gasteiger partial charge < -0.3 is 4.74 Å². The molecule has 0 aromatic heterocycles. The van der Waals surface area contributed by atoms with Crippen molar-refractivity contribution in [3.8, 4) is 0 Å². The number of hydrogen-bond donors (Lipinski definition) is 0. The van der Waals surface area contributed by atoms with Crippen LogP contribution in [0.15, 0.2) is 30.3 Å². The third-order valence-corrected chi connectivity index (χ3v) is 2.40. The molecule has 2 nitrogen and oxygen atoms in total. The van der Waals surface area contributed by atoms with Gasteiger partial charge in [0, 0.05) is 6.42 Å². The highest BCUT2D eigenvalue weighted by Crippen LogP contribution is 2.32. The fourth-order valence-corrected chi connectivity index (χ4v) is 1.59. The molecule has 2 heteroatoms. The normalized spacial score (nSPS) is 27.3. The molecule has 0 radical (unpaired) electrons. The number of hydrogen-bond acceptors (Lipinski definition) is 2. The van der Waals surface area contributed by atoms with Crippen LogP contribution >= 0.6 is 0 Å². The summed E-state index contributed by atoms with van der Waals surface area (Å²) in [4.78, 5) is 11.1. The summed E-state index contributed by atoms with van der Waals surface area (Å²) in [6, 6.07) is 9.88. The number of carbonyl (C=O) groups excluding carboxylic acids is 1. The molecular formula is C11H12O2. The van der Waals surface area contributed by atoms with Crippen molar-refractivity contribution >= 4 is 5.97 Å². The maximum atomic E-state index is 11.1. The van der Waals surface area contributed by atoms with Crippen LogP contribution in [0.4, 0.5) is 0 Å². The maximum absolute atomic E-state index is 11.1. The van der Waals surface area contributed by atoms with Gasteiger partial charge in [0.1, 0.15) is 6.10 Å². The highest BCUT2D eigenvalue weighted by atomic mass is 16.5. The third-order valence-electron chi connectivity index (χ3n) is 2.40. The van der Waals surface area contributed by atoms with E-state index >= 15 is 0 Å². The van der Waals surface area contributed by atoms with Crippen LogP contribution in [-0.4, -0.2) is 5.97 Å². The van der Waals surface area contributed by atoms with Crippen molar-refractivity contribution in [1.82, 2.24) is 0 Å². The number of benzene rings is 1. The van der Waals surface area contributed by atoms with Gasteiger partial charge in [-0.3, -0.25) is 4.79 Å². The first-order valence-corrected chi connectivity index (χ1v) is 4.53. The third kappa shape index (κ3) is 1.57. The molecule has 0 bridgehead atoms. The van der Waals surface area contributed by atoms with E-state index in [1.165, 1.54) is 0 Å². The van der Waals surface area contributed by atoms with E-state index in [2.05, 4.69) is 0 Å². The Hall–Kier alpha value is -1.31. The quantitative estimate of drug-likeness (QED) is 0.614. The second kappa shape index (κ2) is 3.21. The first kappa shape index (κ1) is 8.30. The van der Waals surface area contributed by atoms with Gasteiger partial charge in [-0.25, -0.2) is 0 Å². The Morgan fingerprint density at radius 3 is 2.54 bits per heavy atom. The summed E-state index contributed by atoms with van der Waals surface area (Å²) in [7, 11) is 0. The molecule has 13 heavy (non-hydrogen) atoms. The summed E-state index contributed by atoms with van der Waals surface area (Å²) in [6.07, 6.45) is 0.784. The highest BCUT2D eigenvalue weighted by Gasteiger charge is 2.31. The fourth-order valence-electron chi connectivity index (χ4n) is 1.59. The first-order valence-electron chi connectivity index (χ1n) is 4.53. The van der Waals surface area contributed by atoms with E-state index in [0.717, 1.165) is 12.0 Å². The minimum atomic E-state index is -0.0751. The van der Waals surface area contributed by atoms with Crippen molar-refractivity contribution in [3.05, 3.63) is 35.9 Å². The molecule has 0 unspecified atom stereocenters. The SMILES string of the molecule is C[C@H]1C[C@@H](c2ccccc2)OC1=O. The Morgan fingerprint density at radius 1 is 1.31 bits per heavy atom. The number of carbonyl (C=O) groups is 1. The van der Waals surface area contributed by atoms with Gasteiger partial charge in [0.2, 0.25) is 0 Å². The Balaban J connectivity index is 2.17. The van der Waals surface area contributed by atoms with Crippen LogP contribution in [0.2, 0.25) is 0 Å². The van der Waals surface area contributed by atoms with Crippen LogP contribution in [-0.2, 0) is 9.53 Å². The van der Waals surface area contributed by atoms with Gasteiger partial charge in [0.25, 0.3) is 0 Å². The lowest BCUT2D eigenvalue weighted by atomic mass is 10.0. The van der Waals surface area contributed by atoms with E-state index < -0.39 is 0 Å². The molecule has 0 aliphatic carbocycles. The van der Waals surface area contributed by atoms with Gasteiger partial charge in [-0.15, -0.1) is 0 Å². The van der Waals surface area contributed by atoms with Crippen LogP contribution < -0.4 is 0 Å². The monoisotopic (exact) mass is 176 g/mol. The summed E-state index contributed by atoms with van der Waals surface area (Å²) >= 11 is 0. The molecule has 0 N–H and O–H groups in total. The minimum Gasteiger partial charge on any atom is -0.457 e. The Kier molecular flexibility index (Phi) is 2.05. The molecule has 1 heterocycles. The van der Waals surface area contributed by atoms with Gasteiger partial charge in [0.15, 0.2) is 0 Å². The van der Waals surface area contributed by atoms with Crippen LogP contribution in [0, 0.1) is 5.92 Å². The zero-order chi connectivity index (χ0) is 9.26. The predicted molar refractivity (Wildman–Crippen MR) is 49.1 cm³/mol. The van der Waals surface area contributed by atoms with Crippen molar-refractivity contribution < 1.29 is 9.53 Å². The molecule has 1 fully saturated rings. The molecule has 0 spiro atoms. The first-order chi connectivity index (χ1) is 6.27. The molecular weight excluding hydrogens is 164 g/mol. The lowest BCUT2D eigenvalue weighted by Crippen LogP contribution is -2.01. The minimum absolute atomic E-state index is 0.0244. The van der Waals surface area contributed by atoms with E-state index in [9.17, 15) is 4.79 Å². The van der Waals surface area contributed by atoms with Crippen LogP contribution in [0.1, 0.15) is 25.0 Å². The van der Waals surface area contributed by atoms with Crippen molar-refractivity contribution in [2.24, 2.45) is 5.92 Å². The number of ether oxygens (including phenoxy) is 1. The molecule has 1 aromatic rings. The standard InChI is InChI=1S/C11H12O2/c1-8-7-10(13-11(8)12)9-5-3-2-4-6-9/h2-6,8,10H,7H2,1H3/t8-,10-/m0/s1. The van der Waals surface area contributed by atoms with Crippen molar-refractivity contribution in [2.45, 2.75) is 19.4 Å². The Bertz CT molecular complexity index is 305. The summed E-state index contributed by atoms with van der Waals surface area (Å²) in [6.45, 7) is 1.91. The predicted octanol–water partition coefficient (Wildman–Crippen LogP) is 2.31. The van der Waals surface area contributed by atoms with Crippen molar-refractivity contribution in [1.29, 1.82) is 0 Å². The Morgan fingerprint density at radius 2 is 2.00 bits per heavy atom. The summed E-state index contributed by atoms with van der Waals surface area (Å²) in [5.74, 6) is -0.0286. The molecule has 68 valence electrons. The molecule has 2 rings (SSSR count).